The first-order valence-electron chi connectivity index (χ1n) is 10.1. The highest BCUT2D eigenvalue weighted by Gasteiger charge is 2.25. The number of guanidine groups is 1. The highest BCUT2D eigenvalue weighted by molar-refractivity contribution is 14.0. The molecule has 0 bridgehead atoms. The summed E-state index contributed by atoms with van der Waals surface area (Å²) in [6.07, 6.45) is 5.16. The minimum Gasteiger partial charge on any atom is -0.381 e. The fourth-order valence-electron chi connectivity index (χ4n) is 3.82. The predicted octanol–water partition coefficient (Wildman–Crippen LogP) is 3.05. The van der Waals surface area contributed by atoms with Crippen molar-refractivity contribution in [3.05, 3.63) is 0 Å². The van der Waals surface area contributed by atoms with Crippen molar-refractivity contribution in [2.75, 3.05) is 59.0 Å². The number of rotatable bonds is 8. The number of hydrogen-bond donors (Lipinski definition) is 1. The zero-order valence-electron chi connectivity index (χ0n) is 16.5. The Balaban J connectivity index is 0.00000312. The molecule has 0 radical (unpaired) electrons. The molecule has 1 N–H and O–H groups in total. The minimum absolute atomic E-state index is 0. The first-order chi connectivity index (χ1) is 11.8. The highest BCUT2D eigenvalue weighted by atomic mass is 127. The van der Waals surface area contributed by atoms with Gasteiger partial charge in [-0.15, -0.1) is 24.0 Å². The van der Waals surface area contributed by atoms with Crippen molar-refractivity contribution >= 4 is 29.9 Å². The smallest absolute Gasteiger partial charge is 0.193 e. The van der Waals surface area contributed by atoms with Crippen LogP contribution in [0.3, 0.4) is 0 Å². The molecule has 2 aliphatic heterocycles. The highest BCUT2D eigenvalue weighted by Crippen LogP contribution is 2.21. The quantitative estimate of drug-likeness (QED) is 0.339. The largest absolute Gasteiger partial charge is 0.381 e. The molecule has 0 amide bonds. The maximum absolute atomic E-state index is 5.59. The van der Waals surface area contributed by atoms with Crippen LogP contribution in [0.2, 0.25) is 0 Å². The van der Waals surface area contributed by atoms with E-state index in [1.807, 2.05) is 0 Å². The molecule has 2 saturated heterocycles. The van der Waals surface area contributed by atoms with Crippen LogP contribution in [-0.2, 0) is 4.74 Å². The molecule has 2 heterocycles. The molecule has 148 valence electrons. The lowest BCUT2D eigenvalue weighted by Gasteiger charge is -2.30. The zero-order chi connectivity index (χ0) is 17.2. The van der Waals surface area contributed by atoms with E-state index < -0.39 is 0 Å². The normalized spacial score (nSPS) is 22.9. The van der Waals surface area contributed by atoms with Gasteiger partial charge in [0.25, 0.3) is 0 Å². The van der Waals surface area contributed by atoms with E-state index in [0.29, 0.717) is 5.92 Å². The summed E-state index contributed by atoms with van der Waals surface area (Å²) in [5.41, 5.74) is 0. The van der Waals surface area contributed by atoms with Gasteiger partial charge in [0.2, 0.25) is 0 Å². The van der Waals surface area contributed by atoms with Gasteiger partial charge in [-0.05, 0) is 65.1 Å². The number of nitrogens with zero attached hydrogens (tertiary/aromatic N) is 3. The van der Waals surface area contributed by atoms with Crippen molar-refractivity contribution in [1.82, 2.24) is 15.1 Å². The Kier molecular flexibility index (Phi) is 12.1. The van der Waals surface area contributed by atoms with E-state index in [9.17, 15) is 0 Å². The molecule has 0 saturated carbocycles. The van der Waals surface area contributed by atoms with Gasteiger partial charge in [0.1, 0.15) is 0 Å². The SMILES string of the molecule is CCNC(=NCCC1CCN(CC)CC1)N1CCC(COCC)C1.I. The maximum atomic E-state index is 5.59. The van der Waals surface area contributed by atoms with Gasteiger partial charge >= 0.3 is 0 Å². The molecule has 0 aliphatic carbocycles. The number of piperidine rings is 1. The summed E-state index contributed by atoms with van der Waals surface area (Å²) in [5, 5.41) is 3.48. The van der Waals surface area contributed by atoms with Crippen molar-refractivity contribution in [3.8, 4) is 0 Å². The first-order valence-corrected chi connectivity index (χ1v) is 10.1. The molecule has 0 aromatic carbocycles. The molecule has 5 nitrogen and oxygen atoms in total. The van der Waals surface area contributed by atoms with Crippen LogP contribution in [-0.4, -0.2) is 74.8 Å². The molecular weight excluding hydrogens is 427 g/mol. The van der Waals surface area contributed by atoms with Gasteiger partial charge in [-0.1, -0.05) is 6.92 Å². The van der Waals surface area contributed by atoms with Crippen molar-refractivity contribution in [3.63, 3.8) is 0 Å². The molecule has 2 rings (SSSR count). The molecular formula is C19H39IN4O. The molecule has 2 fully saturated rings. The molecule has 2 aliphatic rings. The van der Waals surface area contributed by atoms with Gasteiger partial charge in [-0.25, -0.2) is 0 Å². The molecule has 6 heteroatoms. The van der Waals surface area contributed by atoms with Gasteiger partial charge in [-0.3, -0.25) is 4.99 Å². The fourth-order valence-corrected chi connectivity index (χ4v) is 3.82. The van der Waals surface area contributed by atoms with Crippen LogP contribution >= 0.6 is 24.0 Å². The Hall–Kier alpha value is -0.0800. The van der Waals surface area contributed by atoms with Gasteiger partial charge in [0.15, 0.2) is 5.96 Å². The van der Waals surface area contributed by atoms with Crippen molar-refractivity contribution in [1.29, 1.82) is 0 Å². The molecule has 0 aromatic heterocycles. The average Bonchev–Trinajstić information content (AvgIpc) is 3.08. The topological polar surface area (TPSA) is 40.1 Å². The van der Waals surface area contributed by atoms with Crippen LogP contribution in [0.25, 0.3) is 0 Å². The van der Waals surface area contributed by atoms with E-state index >= 15 is 0 Å². The predicted molar refractivity (Wildman–Crippen MR) is 117 cm³/mol. The number of likely N-dealkylation sites (tertiary alicyclic amines) is 2. The molecule has 0 spiro atoms. The third-order valence-electron chi connectivity index (χ3n) is 5.43. The van der Waals surface area contributed by atoms with E-state index in [1.54, 1.807) is 0 Å². The van der Waals surface area contributed by atoms with Crippen LogP contribution < -0.4 is 5.32 Å². The number of ether oxygens (including phenoxy) is 1. The van der Waals surface area contributed by atoms with Crippen LogP contribution in [0.5, 0.6) is 0 Å². The molecule has 0 aromatic rings. The molecule has 1 atom stereocenters. The van der Waals surface area contributed by atoms with Crippen LogP contribution in [0.4, 0.5) is 0 Å². The third kappa shape index (κ3) is 7.99. The average molecular weight is 466 g/mol. The van der Waals surface area contributed by atoms with E-state index in [4.69, 9.17) is 9.73 Å². The Labute approximate surface area is 172 Å². The number of hydrogen-bond acceptors (Lipinski definition) is 3. The lowest BCUT2D eigenvalue weighted by atomic mass is 9.94. The third-order valence-corrected chi connectivity index (χ3v) is 5.43. The van der Waals surface area contributed by atoms with Crippen LogP contribution in [0.1, 0.15) is 46.5 Å². The van der Waals surface area contributed by atoms with E-state index in [1.165, 1.54) is 45.3 Å². The first kappa shape index (κ1) is 23.0. The maximum Gasteiger partial charge on any atom is 0.193 e. The van der Waals surface area contributed by atoms with Crippen molar-refractivity contribution in [2.45, 2.75) is 46.5 Å². The van der Waals surface area contributed by atoms with E-state index in [2.05, 4.69) is 35.9 Å². The lowest BCUT2D eigenvalue weighted by Crippen LogP contribution is -2.40. The lowest BCUT2D eigenvalue weighted by molar-refractivity contribution is 0.114. The van der Waals surface area contributed by atoms with Gasteiger partial charge in [0, 0.05) is 38.7 Å². The number of halogens is 1. The standard InChI is InChI=1S/C19H38N4O.HI/c1-4-20-19(23-14-10-18(15-23)16-24-6-3)21-11-7-17-8-12-22(5-2)13-9-17;/h17-18H,4-16H2,1-3H3,(H,20,21);1H. The second-order valence-corrected chi connectivity index (χ2v) is 7.16. The Morgan fingerprint density at radius 2 is 1.80 bits per heavy atom. The molecule has 25 heavy (non-hydrogen) atoms. The summed E-state index contributed by atoms with van der Waals surface area (Å²) in [7, 11) is 0. The van der Waals surface area contributed by atoms with Crippen molar-refractivity contribution < 1.29 is 4.74 Å². The van der Waals surface area contributed by atoms with Gasteiger partial charge in [0.05, 0.1) is 6.61 Å². The number of aliphatic imine (C=N–C) groups is 1. The van der Waals surface area contributed by atoms with Crippen LogP contribution in [0.15, 0.2) is 4.99 Å². The summed E-state index contributed by atoms with van der Waals surface area (Å²) >= 11 is 0. The summed E-state index contributed by atoms with van der Waals surface area (Å²) < 4.78 is 5.59. The summed E-state index contributed by atoms with van der Waals surface area (Å²) in [4.78, 5) is 9.91. The second-order valence-electron chi connectivity index (χ2n) is 7.16. The Bertz CT molecular complexity index is 372. The summed E-state index contributed by atoms with van der Waals surface area (Å²) in [6.45, 7) is 16.1. The van der Waals surface area contributed by atoms with Gasteiger partial charge < -0.3 is 19.9 Å². The summed E-state index contributed by atoms with van der Waals surface area (Å²) in [6, 6.07) is 0. The van der Waals surface area contributed by atoms with Crippen molar-refractivity contribution in [2.24, 2.45) is 16.8 Å². The minimum atomic E-state index is 0. The second kappa shape index (κ2) is 13.1. The van der Waals surface area contributed by atoms with Crippen LogP contribution in [0, 0.1) is 11.8 Å². The zero-order valence-corrected chi connectivity index (χ0v) is 18.8. The molecule has 1 unspecified atom stereocenters. The van der Waals surface area contributed by atoms with Gasteiger partial charge in [-0.2, -0.15) is 0 Å². The number of nitrogens with one attached hydrogen (secondary N) is 1. The Morgan fingerprint density at radius 1 is 1.08 bits per heavy atom. The summed E-state index contributed by atoms with van der Waals surface area (Å²) in [5.74, 6) is 2.64. The Morgan fingerprint density at radius 3 is 2.44 bits per heavy atom. The monoisotopic (exact) mass is 466 g/mol. The van der Waals surface area contributed by atoms with E-state index in [-0.39, 0.29) is 24.0 Å². The van der Waals surface area contributed by atoms with E-state index in [0.717, 1.165) is 51.3 Å². The fraction of sp³-hybridized carbons (Fsp3) is 0.947.